The summed E-state index contributed by atoms with van der Waals surface area (Å²) in [5, 5.41) is 2.58. The van der Waals surface area contributed by atoms with Gasteiger partial charge in [0.15, 0.2) is 6.61 Å². The van der Waals surface area contributed by atoms with Crippen molar-refractivity contribution in [3.63, 3.8) is 0 Å². The summed E-state index contributed by atoms with van der Waals surface area (Å²) in [4.78, 5) is 23.8. The minimum absolute atomic E-state index is 0.0231. The normalized spacial score (nSPS) is 12.1. The summed E-state index contributed by atoms with van der Waals surface area (Å²) in [6, 6.07) is 11.6. The number of anilines is 1. The topological polar surface area (TPSA) is 111 Å². The van der Waals surface area contributed by atoms with Crippen LogP contribution in [0, 0.1) is 6.92 Å². The number of hydrogen-bond acceptors (Lipinski definition) is 6. The van der Waals surface area contributed by atoms with Crippen molar-refractivity contribution in [1.82, 2.24) is 4.72 Å². The van der Waals surface area contributed by atoms with E-state index in [0.29, 0.717) is 11.4 Å². The van der Waals surface area contributed by atoms with E-state index in [1.807, 2.05) is 19.1 Å². The zero-order valence-electron chi connectivity index (χ0n) is 15.8. The number of methoxy groups -OCH3 is 1. The van der Waals surface area contributed by atoms with Gasteiger partial charge in [-0.2, -0.15) is 4.72 Å². The summed E-state index contributed by atoms with van der Waals surface area (Å²) in [5.41, 5.74) is 1.61. The van der Waals surface area contributed by atoms with Crippen molar-refractivity contribution < 1.29 is 27.5 Å². The van der Waals surface area contributed by atoms with Crippen molar-refractivity contribution in [3.05, 3.63) is 54.1 Å². The molecular formula is C19H22N2O6S. The van der Waals surface area contributed by atoms with Gasteiger partial charge in [0.25, 0.3) is 5.91 Å². The molecule has 0 heterocycles. The number of nitrogens with one attached hydrogen (secondary N) is 2. The molecule has 0 saturated heterocycles. The van der Waals surface area contributed by atoms with Gasteiger partial charge in [-0.25, -0.2) is 8.42 Å². The lowest BCUT2D eigenvalue weighted by Gasteiger charge is -2.14. The van der Waals surface area contributed by atoms with Gasteiger partial charge in [0.2, 0.25) is 10.0 Å². The molecule has 28 heavy (non-hydrogen) atoms. The number of carbonyl (C=O) groups excluding carboxylic acids is 2. The van der Waals surface area contributed by atoms with Gasteiger partial charge >= 0.3 is 5.97 Å². The maximum atomic E-state index is 12.3. The van der Waals surface area contributed by atoms with Crippen LogP contribution in [0.25, 0.3) is 0 Å². The Kier molecular flexibility index (Phi) is 7.13. The van der Waals surface area contributed by atoms with E-state index in [0.717, 1.165) is 5.56 Å². The molecule has 2 aromatic rings. The highest BCUT2D eigenvalue weighted by Crippen LogP contribution is 2.15. The van der Waals surface area contributed by atoms with Gasteiger partial charge in [-0.1, -0.05) is 17.7 Å². The fourth-order valence-corrected chi connectivity index (χ4v) is 3.39. The first-order valence-corrected chi connectivity index (χ1v) is 9.89. The van der Waals surface area contributed by atoms with E-state index in [9.17, 15) is 18.0 Å². The van der Waals surface area contributed by atoms with Gasteiger partial charge in [0, 0.05) is 5.69 Å². The maximum Gasteiger partial charge on any atom is 0.324 e. The molecule has 1 amide bonds. The summed E-state index contributed by atoms with van der Waals surface area (Å²) >= 11 is 0. The van der Waals surface area contributed by atoms with Gasteiger partial charge < -0.3 is 14.8 Å². The second-order valence-electron chi connectivity index (χ2n) is 6.04. The summed E-state index contributed by atoms with van der Waals surface area (Å²) < 4.78 is 36.7. The van der Waals surface area contributed by atoms with Crippen LogP contribution in [0.5, 0.6) is 5.75 Å². The van der Waals surface area contributed by atoms with E-state index in [4.69, 9.17) is 9.47 Å². The quantitative estimate of drug-likeness (QED) is 0.648. The third kappa shape index (κ3) is 6.07. The smallest absolute Gasteiger partial charge is 0.324 e. The number of amides is 1. The molecule has 150 valence electrons. The van der Waals surface area contributed by atoms with E-state index < -0.39 is 34.5 Å². The first kappa shape index (κ1) is 21.4. The summed E-state index contributed by atoms with van der Waals surface area (Å²) in [6.45, 7) is 2.73. The molecule has 2 rings (SSSR count). The third-order valence-electron chi connectivity index (χ3n) is 3.74. The Morgan fingerprint density at radius 1 is 1.04 bits per heavy atom. The summed E-state index contributed by atoms with van der Waals surface area (Å²) in [6.07, 6.45) is 0. The molecule has 0 bridgehead atoms. The molecule has 2 N–H and O–H groups in total. The second-order valence-corrected chi connectivity index (χ2v) is 7.75. The number of aryl methyl sites for hydroxylation is 1. The highest BCUT2D eigenvalue weighted by Gasteiger charge is 2.23. The van der Waals surface area contributed by atoms with Crippen LogP contribution in [0.3, 0.4) is 0 Å². The second kappa shape index (κ2) is 9.34. The lowest BCUT2D eigenvalue weighted by molar-refractivity contribution is -0.148. The van der Waals surface area contributed by atoms with Crippen molar-refractivity contribution in [2.24, 2.45) is 0 Å². The molecule has 2 aromatic carbocycles. The molecule has 0 fully saturated rings. The molecule has 0 radical (unpaired) electrons. The largest absolute Gasteiger partial charge is 0.497 e. The van der Waals surface area contributed by atoms with Crippen LogP contribution in [0.1, 0.15) is 12.5 Å². The SMILES string of the molecule is COc1ccc(S(=O)(=O)N[C@@H](C)C(=O)OCC(=O)Nc2ccc(C)cc2)cc1. The van der Waals surface area contributed by atoms with Gasteiger partial charge in [-0.3, -0.25) is 9.59 Å². The molecular weight excluding hydrogens is 384 g/mol. The fraction of sp³-hybridized carbons (Fsp3) is 0.263. The molecule has 9 heteroatoms. The van der Waals surface area contributed by atoms with Crippen LogP contribution in [0.15, 0.2) is 53.4 Å². The van der Waals surface area contributed by atoms with E-state index >= 15 is 0 Å². The molecule has 0 saturated carbocycles. The Labute approximate surface area is 163 Å². The van der Waals surface area contributed by atoms with Gasteiger partial charge in [-0.05, 0) is 50.2 Å². The standard InChI is InChI=1S/C19H22N2O6S/c1-13-4-6-15(7-5-13)20-18(22)12-27-19(23)14(2)21-28(24,25)17-10-8-16(26-3)9-11-17/h4-11,14,21H,12H2,1-3H3,(H,20,22)/t14-/m0/s1. The number of esters is 1. The lowest BCUT2D eigenvalue weighted by Crippen LogP contribution is -2.40. The Morgan fingerprint density at radius 3 is 2.21 bits per heavy atom. The Morgan fingerprint density at radius 2 is 1.64 bits per heavy atom. The number of rotatable bonds is 8. The van der Waals surface area contributed by atoms with Gasteiger partial charge in [0.05, 0.1) is 12.0 Å². The van der Waals surface area contributed by atoms with Crippen LogP contribution in [-0.4, -0.2) is 40.1 Å². The molecule has 0 unspecified atom stereocenters. The fourth-order valence-electron chi connectivity index (χ4n) is 2.20. The Hall–Kier alpha value is -2.91. The number of ether oxygens (including phenoxy) is 2. The Balaban J connectivity index is 1.87. The monoisotopic (exact) mass is 406 g/mol. The predicted molar refractivity (Wildman–Crippen MR) is 104 cm³/mol. The van der Waals surface area contributed by atoms with Crippen molar-refractivity contribution >= 4 is 27.6 Å². The minimum atomic E-state index is -3.93. The molecule has 0 aliphatic rings. The zero-order chi connectivity index (χ0) is 20.7. The molecule has 0 spiro atoms. The summed E-state index contributed by atoms with van der Waals surface area (Å²) in [5.74, 6) is -0.885. The molecule has 0 aliphatic carbocycles. The molecule has 8 nitrogen and oxygen atoms in total. The van der Waals surface area contributed by atoms with E-state index in [2.05, 4.69) is 10.0 Å². The summed E-state index contributed by atoms with van der Waals surface area (Å²) in [7, 11) is -2.46. The van der Waals surface area contributed by atoms with Crippen LogP contribution in [0.2, 0.25) is 0 Å². The predicted octanol–water partition coefficient (Wildman–Crippen LogP) is 1.85. The van der Waals surface area contributed by atoms with Crippen molar-refractivity contribution in [2.45, 2.75) is 24.8 Å². The van der Waals surface area contributed by atoms with E-state index in [-0.39, 0.29) is 4.90 Å². The zero-order valence-corrected chi connectivity index (χ0v) is 16.6. The minimum Gasteiger partial charge on any atom is -0.497 e. The molecule has 0 aromatic heterocycles. The third-order valence-corrected chi connectivity index (χ3v) is 5.29. The molecule has 0 aliphatic heterocycles. The first-order valence-electron chi connectivity index (χ1n) is 8.41. The van der Waals surface area contributed by atoms with Gasteiger partial charge in [0.1, 0.15) is 11.8 Å². The Bertz CT molecular complexity index is 924. The highest BCUT2D eigenvalue weighted by atomic mass is 32.2. The van der Waals surface area contributed by atoms with E-state index in [1.165, 1.54) is 38.3 Å². The van der Waals surface area contributed by atoms with Crippen molar-refractivity contribution in [2.75, 3.05) is 19.0 Å². The van der Waals surface area contributed by atoms with Crippen LogP contribution < -0.4 is 14.8 Å². The van der Waals surface area contributed by atoms with Gasteiger partial charge in [-0.15, -0.1) is 0 Å². The number of carbonyl (C=O) groups is 2. The lowest BCUT2D eigenvalue weighted by atomic mass is 10.2. The average molecular weight is 406 g/mol. The highest BCUT2D eigenvalue weighted by molar-refractivity contribution is 7.89. The van der Waals surface area contributed by atoms with Crippen molar-refractivity contribution in [1.29, 1.82) is 0 Å². The number of sulfonamides is 1. The average Bonchev–Trinajstić information content (AvgIpc) is 2.67. The molecule has 1 atom stereocenters. The number of benzene rings is 2. The van der Waals surface area contributed by atoms with E-state index in [1.54, 1.807) is 12.1 Å². The van der Waals surface area contributed by atoms with Crippen molar-refractivity contribution in [3.8, 4) is 5.75 Å². The van der Waals surface area contributed by atoms with Crippen LogP contribution in [0.4, 0.5) is 5.69 Å². The van der Waals surface area contributed by atoms with Crippen LogP contribution >= 0.6 is 0 Å². The number of hydrogen-bond donors (Lipinski definition) is 2. The van der Waals surface area contributed by atoms with Crippen LogP contribution in [-0.2, 0) is 24.3 Å². The maximum absolute atomic E-state index is 12.3. The first-order chi connectivity index (χ1) is 13.2.